The van der Waals surface area contributed by atoms with Crippen molar-refractivity contribution < 1.29 is 4.74 Å². The standard InChI is InChI=1S/C13H20N2O/c1-2-7-15-13(3-1)6-10-16-11-12-4-8-14-9-5-12/h1-3,7,12,14H,4-6,8-11H2. The van der Waals surface area contributed by atoms with Crippen LogP contribution in [0, 0.1) is 5.92 Å². The summed E-state index contributed by atoms with van der Waals surface area (Å²) >= 11 is 0. The lowest BCUT2D eigenvalue weighted by Gasteiger charge is -2.22. The molecule has 0 amide bonds. The van der Waals surface area contributed by atoms with Crippen LogP contribution in [0.3, 0.4) is 0 Å². The number of rotatable bonds is 5. The molecule has 1 aliphatic heterocycles. The number of aromatic nitrogens is 1. The average molecular weight is 220 g/mol. The van der Waals surface area contributed by atoms with E-state index in [4.69, 9.17) is 4.74 Å². The first-order valence-corrected chi connectivity index (χ1v) is 6.13. The highest BCUT2D eigenvalue weighted by atomic mass is 16.5. The van der Waals surface area contributed by atoms with Crippen LogP contribution in [0.5, 0.6) is 0 Å². The smallest absolute Gasteiger partial charge is 0.0521 e. The summed E-state index contributed by atoms with van der Waals surface area (Å²) in [5.41, 5.74) is 1.12. The van der Waals surface area contributed by atoms with Gasteiger partial charge in [-0.2, -0.15) is 0 Å². The number of hydrogen-bond donors (Lipinski definition) is 1. The molecule has 1 fully saturated rings. The van der Waals surface area contributed by atoms with Gasteiger partial charge >= 0.3 is 0 Å². The van der Waals surface area contributed by atoms with Gasteiger partial charge in [0.25, 0.3) is 0 Å². The number of nitrogens with one attached hydrogen (secondary N) is 1. The van der Waals surface area contributed by atoms with Crippen LogP contribution in [0.1, 0.15) is 18.5 Å². The Kier molecular flexibility index (Phi) is 4.77. The molecule has 16 heavy (non-hydrogen) atoms. The molecule has 3 nitrogen and oxygen atoms in total. The molecule has 0 aromatic carbocycles. The van der Waals surface area contributed by atoms with Crippen molar-refractivity contribution in [3.8, 4) is 0 Å². The zero-order valence-electron chi connectivity index (χ0n) is 9.69. The van der Waals surface area contributed by atoms with E-state index in [1.165, 1.54) is 12.8 Å². The van der Waals surface area contributed by atoms with E-state index in [0.29, 0.717) is 0 Å². The lowest BCUT2D eigenvalue weighted by atomic mass is 9.99. The van der Waals surface area contributed by atoms with Gasteiger partial charge in [0.05, 0.1) is 6.61 Å². The van der Waals surface area contributed by atoms with Crippen molar-refractivity contribution in [1.82, 2.24) is 10.3 Å². The molecule has 3 heteroatoms. The molecule has 0 spiro atoms. The van der Waals surface area contributed by atoms with Crippen molar-refractivity contribution in [3.63, 3.8) is 0 Å². The SMILES string of the molecule is c1ccc(CCOCC2CCNCC2)nc1. The van der Waals surface area contributed by atoms with E-state index < -0.39 is 0 Å². The number of pyridine rings is 1. The van der Waals surface area contributed by atoms with Crippen LogP contribution < -0.4 is 5.32 Å². The van der Waals surface area contributed by atoms with E-state index in [-0.39, 0.29) is 0 Å². The van der Waals surface area contributed by atoms with Crippen LogP contribution in [0.15, 0.2) is 24.4 Å². The van der Waals surface area contributed by atoms with Crippen LogP contribution in [0.25, 0.3) is 0 Å². The molecule has 2 heterocycles. The quantitative estimate of drug-likeness (QED) is 0.766. The fourth-order valence-electron chi connectivity index (χ4n) is 2.02. The Labute approximate surface area is 97.2 Å². The Morgan fingerprint density at radius 3 is 2.94 bits per heavy atom. The molecule has 0 unspecified atom stereocenters. The van der Waals surface area contributed by atoms with Gasteiger partial charge < -0.3 is 10.1 Å². The van der Waals surface area contributed by atoms with Crippen molar-refractivity contribution in [2.75, 3.05) is 26.3 Å². The van der Waals surface area contributed by atoms with Gasteiger partial charge in [-0.3, -0.25) is 4.98 Å². The Morgan fingerprint density at radius 2 is 2.19 bits per heavy atom. The van der Waals surface area contributed by atoms with E-state index >= 15 is 0 Å². The molecule has 1 aliphatic rings. The highest BCUT2D eigenvalue weighted by molar-refractivity contribution is 5.03. The van der Waals surface area contributed by atoms with E-state index in [2.05, 4.69) is 10.3 Å². The van der Waals surface area contributed by atoms with Crippen molar-refractivity contribution in [3.05, 3.63) is 30.1 Å². The highest BCUT2D eigenvalue weighted by Gasteiger charge is 2.12. The van der Waals surface area contributed by atoms with Gasteiger partial charge in [-0.1, -0.05) is 6.07 Å². The van der Waals surface area contributed by atoms with Gasteiger partial charge in [-0.25, -0.2) is 0 Å². The van der Waals surface area contributed by atoms with E-state index in [9.17, 15) is 0 Å². The minimum atomic E-state index is 0.755. The molecule has 1 aromatic heterocycles. The molecule has 2 rings (SSSR count). The largest absolute Gasteiger partial charge is 0.381 e. The minimum absolute atomic E-state index is 0.755. The van der Waals surface area contributed by atoms with Crippen molar-refractivity contribution >= 4 is 0 Å². The monoisotopic (exact) mass is 220 g/mol. The summed E-state index contributed by atoms with van der Waals surface area (Å²) in [7, 11) is 0. The predicted molar refractivity (Wildman–Crippen MR) is 64.4 cm³/mol. The summed E-state index contributed by atoms with van der Waals surface area (Å²) in [5.74, 6) is 0.755. The molecule has 1 N–H and O–H groups in total. The van der Waals surface area contributed by atoms with Gasteiger partial charge in [0.1, 0.15) is 0 Å². The lowest BCUT2D eigenvalue weighted by molar-refractivity contribution is 0.0897. The second kappa shape index (κ2) is 6.61. The first kappa shape index (κ1) is 11.6. The Bertz CT molecular complexity index is 283. The average Bonchev–Trinajstić information content (AvgIpc) is 2.37. The maximum absolute atomic E-state index is 5.71. The number of ether oxygens (including phenoxy) is 1. The maximum atomic E-state index is 5.71. The van der Waals surface area contributed by atoms with E-state index in [1.807, 2.05) is 24.4 Å². The summed E-state index contributed by atoms with van der Waals surface area (Å²) in [6.07, 6.45) is 5.27. The zero-order chi connectivity index (χ0) is 11.1. The first-order valence-electron chi connectivity index (χ1n) is 6.13. The Morgan fingerprint density at radius 1 is 1.31 bits per heavy atom. The maximum Gasteiger partial charge on any atom is 0.0521 e. The van der Waals surface area contributed by atoms with Crippen molar-refractivity contribution in [1.29, 1.82) is 0 Å². The van der Waals surface area contributed by atoms with Gasteiger partial charge in [0, 0.05) is 24.9 Å². The normalized spacial score (nSPS) is 17.5. The summed E-state index contributed by atoms with van der Waals surface area (Å²) in [4.78, 5) is 4.27. The van der Waals surface area contributed by atoms with Crippen LogP contribution >= 0.6 is 0 Å². The summed E-state index contributed by atoms with van der Waals surface area (Å²) < 4.78 is 5.71. The topological polar surface area (TPSA) is 34.1 Å². The van der Waals surface area contributed by atoms with E-state index in [1.54, 1.807) is 0 Å². The zero-order valence-corrected chi connectivity index (χ0v) is 9.69. The van der Waals surface area contributed by atoms with Crippen LogP contribution in [0.2, 0.25) is 0 Å². The van der Waals surface area contributed by atoms with Crippen molar-refractivity contribution in [2.45, 2.75) is 19.3 Å². The van der Waals surface area contributed by atoms with Gasteiger partial charge in [-0.15, -0.1) is 0 Å². The number of piperidine rings is 1. The van der Waals surface area contributed by atoms with E-state index in [0.717, 1.165) is 44.3 Å². The second-order valence-electron chi connectivity index (χ2n) is 4.34. The number of nitrogens with zero attached hydrogens (tertiary/aromatic N) is 1. The van der Waals surface area contributed by atoms with Crippen LogP contribution in [-0.2, 0) is 11.2 Å². The molecular weight excluding hydrogens is 200 g/mol. The van der Waals surface area contributed by atoms with Gasteiger partial charge in [0.2, 0.25) is 0 Å². The summed E-state index contributed by atoms with van der Waals surface area (Å²) in [6, 6.07) is 6.02. The molecular formula is C13H20N2O. The predicted octanol–water partition coefficient (Wildman–Crippen LogP) is 1.64. The molecule has 0 atom stereocenters. The summed E-state index contributed by atoms with van der Waals surface area (Å²) in [6.45, 7) is 4.00. The second-order valence-corrected chi connectivity index (χ2v) is 4.34. The van der Waals surface area contributed by atoms with Gasteiger partial charge in [-0.05, 0) is 44.0 Å². The van der Waals surface area contributed by atoms with Gasteiger partial charge in [0.15, 0.2) is 0 Å². The molecule has 0 bridgehead atoms. The third-order valence-electron chi connectivity index (χ3n) is 3.04. The minimum Gasteiger partial charge on any atom is -0.381 e. The lowest BCUT2D eigenvalue weighted by Crippen LogP contribution is -2.30. The molecule has 88 valence electrons. The fourth-order valence-corrected chi connectivity index (χ4v) is 2.02. The number of hydrogen-bond acceptors (Lipinski definition) is 3. The highest BCUT2D eigenvalue weighted by Crippen LogP contribution is 2.11. The van der Waals surface area contributed by atoms with Crippen LogP contribution in [-0.4, -0.2) is 31.3 Å². The third kappa shape index (κ3) is 3.91. The molecule has 0 aliphatic carbocycles. The molecule has 1 aromatic rings. The third-order valence-corrected chi connectivity index (χ3v) is 3.04. The Hall–Kier alpha value is -0.930. The first-order chi connectivity index (χ1) is 7.95. The molecule has 1 saturated heterocycles. The molecule has 0 radical (unpaired) electrons. The Balaban J connectivity index is 1.58. The van der Waals surface area contributed by atoms with Crippen molar-refractivity contribution in [2.24, 2.45) is 5.92 Å². The fraction of sp³-hybridized carbons (Fsp3) is 0.615. The summed E-state index contributed by atoms with van der Waals surface area (Å²) in [5, 5.41) is 3.37. The van der Waals surface area contributed by atoms with Crippen LogP contribution in [0.4, 0.5) is 0 Å². The molecule has 0 saturated carbocycles.